The Morgan fingerprint density at radius 1 is 1.29 bits per heavy atom. The molecular formula is C18H27NO2. The largest absolute Gasteiger partial charge is 0.496 e. The molecule has 3 rings (SSSR count). The van der Waals surface area contributed by atoms with Gasteiger partial charge in [0.2, 0.25) is 0 Å². The first-order valence-corrected chi connectivity index (χ1v) is 7.99. The fourth-order valence-corrected chi connectivity index (χ4v) is 4.28. The van der Waals surface area contributed by atoms with Gasteiger partial charge in [0.15, 0.2) is 0 Å². The summed E-state index contributed by atoms with van der Waals surface area (Å²) in [6, 6.07) is 4.79. The number of hydrogen-bond acceptors (Lipinski definition) is 3. The standard InChI is InChI=1S/C18H27NO2/c1-11-8-9-14(12(2)15(11)20-5)19-16-13-7-6-10-21-17(13)18(16,3)4/h8-9,13,16-17,19H,6-7,10H2,1-5H3. The molecule has 1 N–H and O–H groups in total. The number of benzene rings is 1. The van der Waals surface area contributed by atoms with Crippen LogP contribution in [0.5, 0.6) is 5.75 Å². The number of rotatable bonds is 3. The molecule has 0 spiro atoms. The van der Waals surface area contributed by atoms with Crippen molar-refractivity contribution < 1.29 is 9.47 Å². The van der Waals surface area contributed by atoms with Gasteiger partial charge < -0.3 is 14.8 Å². The van der Waals surface area contributed by atoms with E-state index in [1.54, 1.807) is 7.11 Å². The summed E-state index contributed by atoms with van der Waals surface area (Å²) >= 11 is 0. The highest BCUT2D eigenvalue weighted by Gasteiger charge is 2.57. The normalized spacial score (nSPS) is 30.2. The monoisotopic (exact) mass is 289 g/mol. The van der Waals surface area contributed by atoms with Crippen molar-refractivity contribution in [1.29, 1.82) is 0 Å². The van der Waals surface area contributed by atoms with E-state index in [1.165, 1.54) is 29.7 Å². The number of nitrogens with one attached hydrogen (secondary N) is 1. The Balaban J connectivity index is 1.84. The highest BCUT2D eigenvalue weighted by Crippen LogP contribution is 2.52. The van der Waals surface area contributed by atoms with Crippen molar-refractivity contribution in [2.24, 2.45) is 11.3 Å². The average Bonchev–Trinajstić information content (AvgIpc) is 2.47. The molecule has 3 atom stereocenters. The van der Waals surface area contributed by atoms with Crippen molar-refractivity contribution in [1.82, 2.24) is 0 Å². The summed E-state index contributed by atoms with van der Waals surface area (Å²) in [5.74, 6) is 1.63. The quantitative estimate of drug-likeness (QED) is 0.914. The van der Waals surface area contributed by atoms with Crippen LogP contribution in [0.4, 0.5) is 5.69 Å². The SMILES string of the molecule is COc1c(C)ccc(NC2C3CCCOC3C2(C)C)c1C. The van der Waals surface area contributed by atoms with Crippen LogP contribution < -0.4 is 10.1 Å². The van der Waals surface area contributed by atoms with Crippen LogP contribution in [0.2, 0.25) is 0 Å². The van der Waals surface area contributed by atoms with E-state index >= 15 is 0 Å². The zero-order valence-corrected chi connectivity index (χ0v) is 13.8. The van der Waals surface area contributed by atoms with Crippen molar-refractivity contribution >= 4 is 5.69 Å². The van der Waals surface area contributed by atoms with E-state index < -0.39 is 0 Å². The lowest BCUT2D eigenvalue weighted by molar-refractivity contribution is -0.177. The topological polar surface area (TPSA) is 30.5 Å². The zero-order valence-electron chi connectivity index (χ0n) is 13.8. The molecule has 2 fully saturated rings. The number of fused-ring (bicyclic) bond motifs is 1. The lowest BCUT2D eigenvalue weighted by atomic mass is 9.55. The van der Waals surface area contributed by atoms with Gasteiger partial charge in [-0.3, -0.25) is 0 Å². The summed E-state index contributed by atoms with van der Waals surface area (Å²) in [6.45, 7) is 9.78. The Kier molecular flexibility index (Phi) is 3.64. The van der Waals surface area contributed by atoms with Gasteiger partial charge in [-0.1, -0.05) is 19.9 Å². The summed E-state index contributed by atoms with van der Waals surface area (Å²) in [6.07, 6.45) is 2.87. The molecular weight excluding hydrogens is 262 g/mol. The van der Waals surface area contributed by atoms with Crippen LogP contribution in [0.3, 0.4) is 0 Å². The second kappa shape index (κ2) is 5.20. The summed E-state index contributed by atoms with van der Waals surface area (Å²) in [7, 11) is 1.75. The molecule has 1 aliphatic heterocycles. The van der Waals surface area contributed by atoms with Crippen molar-refractivity contribution in [2.75, 3.05) is 19.0 Å². The van der Waals surface area contributed by atoms with Crippen LogP contribution in [0.1, 0.15) is 37.8 Å². The Hall–Kier alpha value is -1.22. The minimum Gasteiger partial charge on any atom is -0.496 e. The second-order valence-electron chi connectivity index (χ2n) is 7.13. The predicted octanol–water partition coefficient (Wildman–Crippen LogP) is 3.93. The summed E-state index contributed by atoms with van der Waals surface area (Å²) in [5.41, 5.74) is 3.77. The van der Waals surface area contributed by atoms with Gasteiger partial charge >= 0.3 is 0 Å². The van der Waals surface area contributed by atoms with Crippen LogP contribution in [0.15, 0.2) is 12.1 Å². The number of methoxy groups -OCH3 is 1. The first-order valence-electron chi connectivity index (χ1n) is 7.99. The molecule has 1 aliphatic carbocycles. The van der Waals surface area contributed by atoms with Crippen molar-refractivity contribution in [3.8, 4) is 5.75 Å². The van der Waals surface area contributed by atoms with Gasteiger partial charge in [0.05, 0.1) is 13.2 Å². The smallest absolute Gasteiger partial charge is 0.126 e. The van der Waals surface area contributed by atoms with Gasteiger partial charge in [0.25, 0.3) is 0 Å². The lowest BCUT2D eigenvalue weighted by Gasteiger charge is -2.60. The van der Waals surface area contributed by atoms with Gasteiger partial charge in [-0.05, 0) is 38.3 Å². The van der Waals surface area contributed by atoms with E-state index in [2.05, 4.69) is 45.1 Å². The maximum atomic E-state index is 5.99. The molecule has 0 bridgehead atoms. The van der Waals surface area contributed by atoms with E-state index in [-0.39, 0.29) is 5.41 Å². The molecule has 1 aromatic rings. The third-order valence-corrected chi connectivity index (χ3v) is 5.45. The molecule has 0 radical (unpaired) electrons. The average molecular weight is 289 g/mol. The van der Waals surface area contributed by atoms with Crippen molar-refractivity contribution in [3.63, 3.8) is 0 Å². The third kappa shape index (κ3) is 2.22. The number of anilines is 1. The molecule has 1 saturated heterocycles. The van der Waals surface area contributed by atoms with Crippen molar-refractivity contribution in [3.05, 3.63) is 23.3 Å². The molecule has 1 aromatic carbocycles. The molecule has 0 aromatic heterocycles. The van der Waals surface area contributed by atoms with Crippen LogP contribution in [0, 0.1) is 25.2 Å². The highest BCUT2D eigenvalue weighted by molar-refractivity contribution is 5.60. The third-order valence-electron chi connectivity index (χ3n) is 5.45. The Bertz CT molecular complexity index is 538. The zero-order chi connectivity index (χ0) is 15.2. The molecule has 2 aliphatic rings. The number of ether oxygens (including phenoxy) is 2. The van der Waals surface area contributed by atoms with E-state index in [9.17, 15) is 0 Å². The lowest BCUT2D eigenvalue weighted by Crippen LogP contribution is -2.67. The first-order chi connectivity index (χ1) is 9.96. The van der Waals surface area contributed by atoms with Gasteiger partial charge in [-0.15, -0.1) is 0 Å². The summed E-state index contributed by atoms with van der Waals surface area (Å²) < 4.78 is 11.5. The van der Waals surface area contributed by atoms with E-state index in [0.29, 0.717) is 18.1 Å². The number of hydrogen-bond donors (Lipinski definition) is 1. The number of aryl methyl sites for hydroxylation is 1. The van der Waals surface area contributed by atoms with Crippen LogP contribution in [0.25, 0.3) is 0 Å². The Morgan fingerprint density at radius 2 is 2.05 bits per heavy atom. The van der Waals surface area contributed by atoms with Crippen LogP contribution >= 0.6 is 0 Å². The predicted molar refractivity (Wildman–Crippen MR) is 86.1 cm³/mol. The van der Waals surface area contributed by atoms with E-state index in [4.69, 9.17) is 9.47 Å². The van der Waals surface area contributed by atoms with Gasteiger partial charge in [-0.2, -0.15) is 0 Å². The Labute approximate surface area is 128 Å². The minimum atomic E-state index is 0.190. The van der Waals surface area contributed by atoms with Gasteiger partial charge in [-0.25, -0.2) is 0 Å². The molecule has 0 amide bonds. The van der Waals surface area contributed by atoms with Crippen LogP contribution in [-0.2, 0) is 4.74 Å². The van der Waals surface area contributed by atoms with Gasteiger partial charge in [0.1, 0.15) is 5.75 Å². The van der Waals surface area contributed by atoms with Crippen LogP contribution in [-0.4, -0.2) is 25.9 Å². The maximum absolute atomic E-state index is 5.99. The minimum absolute atomic E-state index is 0.190. The Morgan fingerprint density at radius 3 is 2.76 bits per heavy atom. The highest BCUT2D eigenvalue weighted by atomic mass is 16.5. The molecule has 3 unspecified atom stereocenters. The van der Waals surface area contributed by atoms with Gasteiger partial charge in [0, 0.05) is 35.2 Å². The molecule has 1 saturated carbocycles. The first kappa shape index (κ1) is 14.7. The fourth-order valence-electron chi connectivity index (χ4n) is 4.28. The maximum Gasteiger partial charge on any atom is 0.126 e. The summed E-state index contributed by atoms with van der Waals surface area (Å²) in [5, 5.41) is 3.78. The van der Waals surface area contributed by atoms with Crippen molar-refractivity contribution in [2.45, 2.75) is 52.7 Å². The molecule has 21 heavy (non-hydrogen) atoms. The summed E-state index contributed by atoms with van der Waals surface area (Å²) in [4.78, 5) is 0. The molecule has 116 valence electrons. The fraction of sp³-hybridized carbons (Fsp3) is 0.667. The van der Waals surface area contributed by atoms with E-state index in [0.717, 1.165) is 12.4 Å². The molecule has 3 nitrogen and oxygen atoms in total. The second-order valence-corrected chi connectivity index (χ2v) is 7.13. The molecule has 1 heterocycles. The van der Waals surface area contributed by atoms with E-state index in [1.807, 2.05) is 0 Å². The molecule has 3 heteroatoms.